The van der Waals surface area contributed by atoms with Crippen molar-refractivity contribution in [3.63, 3.8) is 0 Å². The van der Waals surface area contributed by atoms with Crippen LogP contribution < -0.4 is 15.0 Å². The Morgan fingerprint density at radius 2 is 1.95 bits per heavy atom. The van der Waals surface area contributed by atoms with Gasteiger partial charge in [0.2, 0.25) is 11.9 Å². The Kier molecular flexibility index (Phi) is 5.59. The van der Waals surface area contributed by atoms with Crippen LogP contribution in [0, 0.1) is 5.92 Å². The van der Waals surface area contributed by atoms with Crippen LogP contribution in [0.5, 0.6) is 6.01 Å². The second kappa shape index (κ2) is 7.43. The van der Waals surface area contributed by atoms with E-state index in [0.717, 1.165) is 12.5 Å². The molecule has 118 valence electrons. The summed E-state index contributed by atoms with van der Waals surface area (Å²) in [4.78, 5) is 15.6. The van der Waals surface area contributed by atoms with Crippen molar-refractivity contribution in [2.24, 2.45) is 5.92 Å². The van der Waals surface area contributed by atoms with Gasteiger partial charge < -0.3 is 15.0 Å². The number of anilines is 2. The van der Waals surface area contributed by atoms with E-state index in [1.807, 2.05) is 14.0 Å². The van der Waals surface area contributed by atoms with Crippen LogP contribution >= 0.6 is 0 Å². The van der Waals surface area contributed by atoms with Crippen LogP contribution in [0.2, 0.25) is 0 Å². The maximum absolute atomic E-state index is 5.48. The Hall–Kier alpha value is -1.59. The van der Waals surface area contributed by atoms with Crippen molar-refractivity contribution in [2.45, 2.75) is 52.5 Å². The van der Waals surface area contributed by atoms with Gasteiger partial charge in [0.15, 0.2) is 0 Å². The number of aromatic nitrogens is 3. The van der Waals surface area contributed by atoms with Crippen molar-refractivity contribution in [1.82, 2.24) is 15.0 Å². The van der Waals surface area contributed by atoms with E-state index in [4.69, 9.17) is 4.74 Å². The third-order valence-electron chi connectivity index (χ3n) is 3.68. The van der Waals surface area contributed by atoms with Crippen LogP contribution in [0.15, 0.2) is 0 Å². The fraction of sp³-hybridized carbons (Fsp3) is 0.800. The summed E-state index contributed by atoms with van der Waals surface area (Å²) in [6.07, 6.45) is 5.03. The average Bonchev–Trinajstić information content (AvgIpc) is 2.98. The summed E-state index contributed by atoms with van der Waals surface area (Å²) in [7, 11) is 1.82. The summed E-state index contributed by atoms with van der Waals surface area (Å²) in [5.41, 5.74) is 0. The summed E-state index contributed by atoms with van der Waals surface area (Å²) in [5.74, 6) is 1.87. The van der Waals surface area contributed by atoms with Gasteiger partial charge in [0, 0.05) is 19.6 Å². The molecule has 6 heteroatoms. The number of rotatable bonds is 7. The largest absolute Gasteiger partial charge is 0.464 e. The topological polar surface area (TPSA) is 63.2 Å². The molecule has 1 aromatic heterocycles. The predicted molar refractivity (Wildman–Crippen MR) is 85.0 cm³/mol. The Morgan fingerprint density at radius 1 is 1.24 bits per heavy atom. The molecular weight excluding hydrogens is 266 g/mol. The molecule has 1 saturated carbocycles. The van der Waals surface area contributed by atoms with Crippen molar-refractivity contribution in [1.29, 1.82) is 0 Å². The van der Waals surface area contributed by atoms with E-state index < -0.39 is 0 Å². The van der Waals surface area contributed by atoms with E-state index >= 15 is 0 Å². The van der Waals surface area contributed by atoms with Crippen LogP contribution in [-0.4, -0.2) is 41.2 Å². The highest BCUT2D eigenvalue weighted by atomic mass is 16.5. The van der Waals surface area contributed by atoms with E-state index in [-0.39, 0.29) is 0 Å². The molecule has 0 atom stereocenters. The second-order valence-corrected chi connectivity index (χ2v) is 5.91. The van der Waals surface area contributed by atoms with Gasteiger partial charge in [-0.1, -0.05) is 26.7 Å². The van der Waals surface area contributed by atoms with E-state index in [2.05, 4.69) is 39.0 Å². The summed E-state index contributed by atoms with van der Waals surface area (Å²) in [6.45, 7) is 7.91. The first-order valence-electron chi connectivity index (χ1n) is 7.97. The molecule has 0 bridgehead atoms. The van der Waals surface area contributed by atoms with Gasteiger partial charge in [0.25, 0.3) is 0 Å². The Bertz CT molecular complexity index is 446. The molecule has 21 heavy (non-hydrogen) atoms. The first-order chi connectivity index (χ1) is 10.1. The standard InChI is InChI=1S/C15H27N5O/c1-5-21-15-18-13(16-4)17-14(19-15)20(10-11(2)3)12-8-6-7-9-12/h11-12H,5-10H2,1-4H3,(H,16,17,18,19). The molecule has 0 aliphatic heterocycles. The maximum atomic E-state index is 5.48. The molecule has 1 aliphatic rings. The van der Waals surface area contributed by atoms with E-state index in [1.54, 1.807) is 0 Å². The van der Waals surface area contributed by atoms with Gasteiger partial charge in [-0.15, -0.1) is 0 Å². The zero-order valence-electron chi connectivity index (χ0n) is 13.6. The molecule has 1 N–H and O–H groups in total. The summed E-state index contributed by atoms with van der Waals surface area (Å²) in [6, 6.07) is 0.938. The third kappa shape index (κ3) is 4.19. The maximum Gasteiger partial charge on any atom is 0.323 e. The first-order valence-corrected chi connectivity index (χ1v) is 7.97. The Morgan fingerprint density at radius 3 is 2.52 bits per heavy atom. The number of hydrogen-bond acceptors (Lipinski definition) is 6. The van der Waals surface area contributed by atoms with Gasteiger partial charge in [-0.3, -0.25) is 0 Å². The zero-order chi connectivity index (χ0) is 15.2. The number of ether oxygens (including phenoxy) is 1. The molecule has 1 aliphatic carbocycles. The van der Waals surface area contributed by atoms with Crippen LogP contribution in [0.1, 0.15) is 46.5 Å². The molecule has 0 saturated heterocycles. The lowest BCUT2D eigenvalue weighted by Gasteiger charge is -2.30. The number of nitrogens with zero attached hydrogens (tertiary/aromatic N) is 4. The summed E-state index contributed by atoms with van der Waals surface area (Å²) < 4.78 is 5.48. The van der Waals surface area contributed by atoms with Gasteiger partial charge >= 0.3 is 6.01 Å². The van der Waals surface area contributed by atoms with Gasteiger partial charge in [0.05, 0.1) is 6.61 Å². The molecule has 1 fully saturated rings. The zero-order valence-corrected chi connectivity index (χ0v) is 13.6. The molecule has 1 heterocycles. The van der Waals surface area contributed by atoms with Crippen LogP contribution in [0.25, 0.3) is 0 Å². The predicted octanol–water partition coefficient (Wildman–Crippen LogP) is 2.72. The molecule has 1 aromatic rings. The van der Waals surface area contributed by atoms with Crippen molar-refractivity contribution in [3.05, 3.63) is 0 Å². The minimum atomic E-state index is 0.401. The molecule has 6 nitrogen and oxygen atoms in total. The smallest absolute Gasteiger partial charge is 0.323 e. The summed E-state index contributed by atoms with van der Waals surface area (Å²) in [5, 5.41) is 3.00. The normalized spacial score (nSPS) is 15.5. The Labute approximate surface area is 127 Å². The fourth-order valence-electron chi connectivity index (χ4n) is 2.78. The third-order valence-corrected chi connectivity index (χ3v) is 3.68. The molecule has 0 unspecified atom stereocenters. The molecule has 0 spiro atoms. The second-order valence-electron chi connectivity index (χ2n) is 5.91. The number of nitrogens with one attached hydrogen (secondary N) is 1. The van der Waals surface area contributed by atoms with Crippen molar-refractivity contribution < 1.29 is 4.74 Å². The summed E-state index contributed by atoms with van der Waals surface area (Å²) >= 11 is 0. The molecule has 0 aromatic carbocycles. The minimum Gasteiger partial charge on any atom is -0.464 e. The fourth-order valence-corrected chi connectivity index (χ4v) is 2.78. The number of hydrogen-bond donors (Lipinski definition) is 1. The van der Waals surface area contributed by atoms with E-state index in [0.29, 0.717) is 30.5 Å². The van der Waals surface area contributed by atoms with Gasteiger partial charge in [0.1, 0.15) is 0 Å². The van der Waals surface area contributed by atoms with E-state index in [1.165, 1.54) is 25.7 Å². The van der Waals surface area contributed by atoms with Gasteiger partial charge in [-0.25, -0.2) is 0 Å². The van der Waals surface area contributed by atoms with Gasteiger partial charge in [-0.05, 0) is 25.7 Å². The lowest BCUT2D eigenvalue weighted by molar-refractivity contribution is 0.311. The molecule has 2 rings (SSSR count). The lowest BCUT2D eigenvalue weighted by atomic mass is 10.1. The SMILES string of the molecule is CCOc1nc(NC)nc(N(CC(C)C)C2CCCC2)n1. The lowest BCUT2D eigenvalue weighted by Crippen LogP contribution is -2.37. The molecule has 0 radical (unpaired) electrons. The van der Waals surface area contributed by atoms with Crippen molar-refractivity contribution in [3.8, 4) is 6.01 Å². The van der Waals surface area contributed by atoms with Crippen LogP contribution in [0.4, 0.5) is 11.9 Å². The monoisotopic (exact) mass is 293 g/mol. The Balaban J connectivity index is 2.30. The van der Waals surface area contributed by atoms with Crippen LogP contribution in [0.3, 0.4) is 0 Å². The highest BCUT2D eigenvalue weighted by molar-refractivity contribution is 5.39. The van der Waals surface area contributed by atoms with E-state index in [9.17, 15) is 0 Å². The highest BCUT2D eigenvalue weighted by Gasteiger charge is 2.26. The van der Waals surface area contributed by atoms with Crippen molar-refractivity contribution in [2.75, 3.05) is 30.4 Å². The van der Waals surface area contributed by atoms with Crippen LogP contribution in [-0.2, 0) is 0 Å². The highest BCUT2D eigenvalue weighted by Crippen LogP contribution is 2.28. The first kappa shape index (κ1) is 15.8. The molecular formula is C15H27N5O. The van der Waals surface area contributed by atoms with Crippen molar-refractivity contribution >= 4 is 11.9 Å². The van der Waals surface area contributed by atoms with Gasteiger partial charge in [-0.2, -0.15) is 15.0 Å². The quantitative estimate of drug-likeness (QED) is 0.834. The minimum absolute atomic E-state index is 0.401. The molecule has 0 amide bonds. The average molecular weight is 293 g/mol.